The van der Waals surface area contributed by atoms with Crippen LogP contribution in [0.4, 0.5) is 0 Å². The molecule has 0 unspecified atom stereocenters. The number of nitrogens with zero attached hydrogens (tertiary/aromatic N) is 4. The zero-order valence-corrected chi connectivity index (χ0v) is 25.3. The quantitative estimate of drug-likeness (QED) is 0.191. The zero-order chi connectivity index (χ0) is 45.5. The van der Waals surface area contributed by atoms with Gasteiger partial charge in [0, 0.05) is 53.3 Å². The van der Waals surface area contributed by atoms with E-state index in [1.54, 1.807) is 48.5 Å². The molecular weight excluding hydrogens is 605 g/mol. The van der Waals surface area contributed by atoms with E-state index in [4.69, 9.17) is 30.0 Å². The van der Waals surface area contributed by atoms with Gasteiger partial charge in [0.1, 0.15) is 0 Å². The summed E-state index contributed by atoms with van der Waals surface area (Å²) in [7, 11) is 0. The first-order valence-corrected chi connectivity index (χ1v) is 15.6. The molecular formula is C43H26N4S. The van der Waals surface area contributed by atoms with Crippen LogP contribution in [-0.4, -0.2) is 19.5 Å². The highest BCUT2D eigenvalue weighted by Crippen LogP contribution is 2.42. The molecule has 0 radical (unpaired) electrons. The van der Waals surface area contributed by atoms with Gasteiger partial charge in [-0.1, -0.05) is 127 Å². The number of para-hydroxylation sites is 1. The molecule has 224 valence electrons. The third-order valence-corrected chi connectivity index (χ3v) is 9.07. The molecule has 4 nitrogen and oxygen atoms in total. The lowest BCUT2D eigenvalue weighted by Gasteiger charge is -2.10. The molecule has 10 rings (SSSR count). The van der Waals surface area contributed by atoms with Crippen LogP contribution < -0.4 is 0 Å². The second-order valence-electron chi connectivity index (χ2n) is 10.8. The van der Waals surface area contributed by atoms with Gasteiger partial charge in [-0.25, -0.2) is 15.0 Å². The molecule has 0 aliphatic carbocycles. The summed E-state index contributed by atoms with van der Waals surface area (Å²) in [6.07, 6.45) is 0. The van der Waals surface area contributed by atoms with Crippen molar-refractivity contribution < 1.29 is 21.9 Å². The standard InChI is InChI=1S/C43H26N4S/c1-3-13-28(14-4-1)41-44-42(29-15-5-2-6-16-29)46-43(45-41)34-19-11-21-37-40(34)33-24-23-30(26-38(33)48-37)47-35-20-10-9-18-32(35)39-31-17-8-7-12-27(31)22-25-36(39)47/h1-26H/i7D,8D,9D,10D,11D,12D,17D,18D,19D,20D,21D,22D,23D,24D,25D,26D. The minimum atomic E-state index is -0.728. The van der Waals surface area contributed by atoms with Crippen molar-refractivity contribution in [1.29, 1.82) is 0 Å². The Kier molecular flexibility index (Phi) is 3.48. The molecule has 0 aliphatic rings. The minimum absolute atomic E-state index is 0.0254. The third kappa shape index (κ3) is 4.18. The molecule has 0 N–H and O–H groups in total. The largest absolute Gasteiger partial charge is 0.309 e. The van der Waals surface area contributed by atoms with Gasteiger partial charge in [-0.15, -0.1) is 11.3 Å². The maximum atomic E-state index is 9.80. The van der Waals surface area contributed by atoms with Crippen molar-refractivity contribution in [3.63, 3.8) is 0 Å². The van der Waals surface area contributed by atoms with Gasteiger partial charge in [0.25, 0.3) is 0 Å². The zero-order valence-electron chi connectivity index (χ0n) is 40.5. The minimum Gasteiger partial charge on any atom is -0.309 e. The number of thiophene rings is 1. The Morgan fingerprint density at radius 1 is 0.500 bits per heavy atom. The van der Waals surface area contributed by atoms with Crippen molar-refractivity contribution in [2.45, 2.75) is 0 Å². The molecule has 48 heavy (non-hydrogen) atoms. The van der Waals surface area contributed by atoms with Gasteiger partial charge in [0.05, 0.1) is 33.0 Å². The molecule has 0 saturated carbocycles. The number of benzene rings is 7. The summed E-state index contributed by atoms with van der Waals surface area (Å²) in [5.74, 6) is 0.373. The molecule has 0 aliphatic heterocycles. The normalized spacial score (nSPS) is 16.4. The summed E-state index contributed by atoms with van der Waals surface area (Å²) in [6.45, 7) is 0. The molecule has 7 aromatic carbocycles. The number of hydrogen-bond acceptors (Lipinski definition) is 4. The molecule has 0 atom stereocenters. The predicted octanol–water partition coefficient (Wildman–Crippen LogP) is 11.5. The predicted molar refractivity (Wildman–Crippen MR) is 201 cm³/mol. The van der Waals surface area contributed by atoms with Gasteiger partial charge in [-0.2, -0.15) is 0 Å². The second-order valence-corrected chi connectivity index (χ2v) is 11.8. The van der Waals surface area contributed by atoms with Gasteiger partial charge in [-0.3, -0.25) is 0 Å². The first-order valence-electron chi connectivity index (χ1n) is 22.7. The maximum Gasteiger partial charge on any atom is 0.164 e. The number of hydrogen-bond donors (Lipinski definition) is 0. The van der Waals surface area contributed by atoms with Crippen LogP contribution in [0.15, 0.2) is 157 Å². The fourth-order valence-electron chi connectivity index (χ4n) is 5.94. The Hall–Kier alpha value is -6.17. The molecule has 0 saturated heterocycles. The summed E-state index contributed by atoms with van der Waals surface area (Å²) >= 11 is 0.822. The van der Waals surface area contributed by atoms with Crippen LogP contribution in [0, 0.1) is 0 Å². The van der Waals surface area contributed by atoms with Crippen LogP contribution >= 0.6 is 11.3 Å². The first-order chi connectivity index (χ1) is 30.5. The molecule has 0 spiro atoms. The maximum absolute atomic E-state index is 9.80. The Morgan fingerprint density at radius 3 is 1.96 bits per heavy atom. The fraction of sp³-hybridized carbons (Fsp3) is 0. The molecule has 0 bridgehead atoms. The van der Waals surface area contributed by atoms with E-state index < -0.39 is 102 Å². The van der Waals surface area contributed by atoms with E-state index in [9.17, 15) is 6.85 Å². The van der Waals surface area contributed by atoms with Crippen LogP contribution in [-0.2, 0) is 0 Å². The average Bonchev–Trinajstić information content (AvgIpc) is 3.87. The molecule has 0 amide bonds. The first kappa shape index (κ1) is 15.6. The van der Waals surface area contributed by atoms with Gasteiger partial charge < -0.3 is 4.57 Å². The molecule has 0 fully saturated rings. The van der Waals surface area contributed by atoms with E-state index in [-0.39, 0.29) is 75.8 Å². The van der Waals surface area contributed by atoms with Crippen molar-refractivity contribution in [3.8, 4) is 39.9 Å². The monoisotopic (exact) mass is 646 g/mol. The summed E-state index contributed by atoms with van der Waals surface area (Å²) in [5, 5.41) is -1.22. The van der Waals surface area contributed by atoms with Crippen molar-refractivity contribution in [2.75, 3.05) is 0 Å². The highest BCUT2D eigenvalue weighted by Gasteiger charge is 2.19. The van der Waals surface area contributed by atoms with Crippen LogP contribution in [0.2, 0.25) is 0 Å². The van der Waals surface area contributed by atoms with Crippen LogP contribution in [0.1, 0.15) is 21.9 Å². The molecule has 5 heteroatoms. The van der Waals surface area contributed by atoms with Crippen LogP contribution in [0.25, 0.3) is 92.6 Å². The topological polar surface area (TPSA) is 43.6 Å². The smallest absolute Gasteiger partial charge is 0.164 e. The Bertz CT molecular complexity index is 3690. The second kappa shape index (κ2) is 10.7. The van der Waals surface area contributed by atoms with Crippen molar-refractivity contribution in [2.24, 2.45) is 0 Å². The lowest BCUT2D eigenvalue weighted by Crippen LogP contribution is -2.00. The fourth-order valence-corrected chi connectivity index (χ4v) is 6.95. The van der Waals surface area contributed by atoms with Gasteiger partial charge in [0.15, 0.2) is 17.5 Å². The van der Waals surface area contributed by atoms with Crippen molar-refractivity contribution in [1.82, 2.24) is 19.5 Å². The summed E-state index contributed by atoms with van der Waals surface area (Å²) < 4.78 is 146. The van der Waals surface area contributed by atoms with Gasteiger partial charge >= 0.3 is 0 Å². The van der Waals surface area contributed by atoms with Crippen LogP contribution in [0.3, 0.4) is 0 Å². The Labute approximate surface area is 302 Å². The third-order valence-electron chi connectivity index (χ3n) is 8.05. The van der Waals surface area contributed by atoms with Crippen molar-refractivity contribution in [3.05, 3.63) is 157 Å². The lowest BCUT2D eigenvalue weighted by molar-refractivity contribution is 1.08. The lowest BCUT2D eigenvalue weighted by atomic mass is 10.0. The van der Waals surface area contributed by atoms with Crippen molar-refractivity contribution >= 4 is 64.1 Å². The van der Waals surface area contributed by atoms with E-state index in [0.717, 1.165) is 15.9 Å². The van der Waals surface area contributed by atoms with Crippen LogP contribution in [0.5, 0.6) is 0 Å². The van der Waals surface area contributed by atoms with E-state index in [0.29, 0.717) is 11.1 Å². The number of rotatable bonds is 4. The van der Waals surface area contributed by atoms with Gasteiger partial charge in [-0.05, 0) is 41.0 Å². The summed E-state index contributed by atoms with van der Waals surface area (Å²) in [5.41, 5.74) is -0.0272. The highest BCUT2D eigenvalue weighted by atomic mass is 32.1. The molecule has 3 aromatic heterocycles. The Balaban J connectivity index is 1.38. The van der Waals surface area contributed by atoms with E-state index in [2.05, 4.69) is 0 Å². The summed E-state index contributed by atoms with van der Waals surface area (Å²) in [6, 6.07) is 8.10. The SMILES string of the molecule is [2H]c1c([2H])c(-c2nc(-c3ccccc3)nc(-c3ccccc3)n2)c2c(sc3c([2H])c(-n4c5c([2H])c([2H])c([2H])c([2H])c5c5c6c([2H])c([2H])c([2H])c([2H])c6c([2H])c([2H])c54)c([2H])c([2H])c32)c1[2H]. The molecule has 10 aromatic rings. The van der Waals surface area contributed by atoms with E-state index >= 15 is 0 Å². The Morgan fingerprint density at radius 2 is 1.19 bits per heavy atom. The average molecular weight is 647 g/mol. The summed E-state index contributed by atoms with van der Waals surface area (Å²) in [4.78, 5) is 14.3. The number of fused-ring (bicyclic) bond motifs is 8. The molecule has 3 heterocycles. The number of aromatic nitrogens is 4. The highest BCUT2D eigenvalue weighted by molar-refractivity contribution is 7.26. The van der Waals surface area contributed by atoms with E-state index in [1.807, 2.05) is 12.1 Å². The van der Waals surface area contributed by atoms with Gasteiger partial charge in [0.2, 0.25) is 0 Å². The van der Waals surface area contributed by atoms with E-state index in [1.165, 1.54) is 0 Å².